The van der Waals surface area contributed by atoms with Crippen LogP contribution in [0.2, 0.25) is 0 Å². The van der Waals surface area contributed by atoms with E-state index in [0.717, 1.165) is 23.1 Å². The number of carbonyl (C=O) groups excluding carboxylic acids is 1. The Kier molecular flexibility index (Phi) is 3.80. The standard InChI is InChI=1S/C18H21N5O2/c1-22-12-19-21-16(22)10-18(25)7-4-8-23(11-18)17(24)15-9-13-5-2-3-6-14(13)20-15/h2-3,5-6,9,12,20,25H,4,7-8,10-11H2,1H3. The predicted molar refractivity (Wildman–Crippen MR) is 93.1 cm³/mol. The van der Waals surface area contributed by atoms with Gasteiger partial charge in [0.05, 0.1) is 12.1 Å². The zero-order valence-corrected chi connectivity index (χ0v) is 14.1. The Morgan fingerprint density at radius 2 is 2.24 bits per heavy atom. The second-order valence-corrected chi connectivity index (χ2v) is 6.86. The fourth-order valence-electron chi connectivity index (χ4n) is 3.55. The maximum absolute atomic E-state index is 12.9. The summed E-state index contributed by atoms with van der Waals surface area (Å²) in [7, 11) is 1.86. The highest BCUT2D eigenvalue weighted by Crippen LogP contribution is 2.26. The number of aryl methyl sites for hydroxylation is 1. The number of hydrogen-bond donors (Lipinski definition) is 2. The number of likely N-dealkylation sites (tertiary alicyclic amines) is 1. The first kappa shape index (κ1) is 15.8. The first-order chi connectivity index (χ1) is 12.0. The Hall–Kier alpha value is -2.67. The van der Waals surface area contributed by atoms with Crippen LogP contribution < -0.4 is 0 Å². The second kappa shape index (κ2) is 6.00. The maximum Gasteiger partial charge on any atom is 0.270 e. The Labute approximate surface area is 145 Å². The van der Waals surface area contributed by atoms with E-state index in [0.29, 0.717) is 31.6 Å². The molecule has 4 rings (SSSR count). The van der Waals surface area contributed by atoms with E-state index in [4.69, 9.17) is 0 Å². The third-order valence-corrected chi connectivity index (χ3v) is 4.90. The van der Waals surface area contributed by atoms with Gasteiger partial charge in [0.15, 0.2) is 0 Å². The summed E-state index contributed by atoms with van der Waals surface area (Å²) in [6.07, 6.45) is 3.42. The van der Waals surface area contributed by atoms with Gasteiger partial charge in [0.2, 0.25) is 0 Å². The summed E-state index contributed by atoms with van der Waals surface area (Å²) in [5.74, 6) is 0.648. The number of carbonyl (C=O) groups is 1. The molecule has 1 aromatic carbocycles. The Morgan fingerprint density at radius 1 is 1.40 bits per heavy atom. The van der Waals surface area contributed by atoms with Gasteiger partial charge >= 0.3 is 0 Å². The third kappa shape index (κ3) is 3.02. The Balaban J connectivity index is 1.53. The molecule has 2 aromatic heterocycles. The number of hydrogen-bond acceptors (Lipinski definition) is 4. The average Bonchev–Trinajstić information content (AvgIpc) is 3.20. The molecule has 2 N–H and O–H groups in total. The summed E-state index contributed by atoms with van der Waals surface area (Å²) in [6.45, 7) is 0.948. The minimum Gasteiger partial charge on any atom is -0.388 e. The van der Waals surface area contributed by atoms with Crippen LogP contribution in [0, 0.1) is 0 Å². The number of nitrogens with zero attached hydrogens (tertiary/aromatic N) is 4. The van der Waals surface area contributed by atoms with Crippen molar-refractivity contribution >= 4 is 16.8 Å². The van der Waals surface area contributed by atoms with Gasteiger partial charge in [-0.1, -0.05) is 18.2 Å². The summed E-state index contributed by atoms with van der Waals surface area (Å²) >= 11 is 0. The Bertz CT molecular complexity index is 882. The molecule has 3 heterocycles. The van der Waals surface area contributed by atoms with E-state index in [1.165, 1.54) is 0 Å². The molecule has 0 saturated carbocycles. The molecule has 1 amide bonds. The molecule has 3 aromatic rings. The number of β-amino-alcohol motifs (C(OH)–C–C–N with tert-alkyl or cyclic N) is 1. The zero-order valence-electron chi connectivity index (χ0n) is 14.1. The van der Waals surface area contributed by atoms with Gasteiger partial charge in [-0.3, -0.25) is 4.79 Å². The van der Waals surface area contributed by atoms with E-state index >= 15 is 0 Å². The third-order valence-electron chi connectivity index (χ3n) is 4.90. The zero-order chi connectivity index (χ0) is 17.4. The van der Waals surface area contributed by atoms with Crippen LogP contribution in [0.4, 0.5) is 0 Å². The quantitative estimate of drug-likeness (QED) is 0.757. The topological polar surface area (TPSA) is 87.0 Å². The molecule has 0 spiro atoms. The van der Waals surface area contributed by atoms with E-state index < -0.39 is 5.60 Å². The fraction of sp³-hybridized carbons (Fsp3) is 0.389. The molecule has 0 bridgehead atoms. The summed E-state index contributed by atoms with van der Waals surface area (Å²) in [5.41, 5.74) is 0.530. The molecule has 1 atom stereocenters. The van der Waals surface area contributed by atoms with Gasteiger partial charge in [0.1, 0.15) is 17.8 Å². The number of benzene rings is 1. The normalized spacial score (nSPS) is 21.0. The minimum absolute atomic E-state index is 0.0766. The van der Waals surface area contributed by atoms with E-state index in [1.54, 1.807) is 15.8 Å². The highest BCUT2D eigenvalue weighted by atomic mass is 16.3. The summed E-state index contributed by atoms with van der Waals surface area (Å²) in [4.78, 5) is 17.8. The molecule has 1 unspecified atom stereocenters. The molecule has 7 heteroatoms. The number of aromatic nitrogens is 4. The van der Waals surface area contributed by atoms with E-state index in [9.17, 15) is 9.90 Å². The lowest BCUT2D eigenvalue weighted by Gasteiger charge is -2.38. The van der Waals surface area contributed by atoms with Gasteiger partial charge in [-0.05, 0) is 25.0 Å². The van der Waals surface area contributed by atoms with Crippen LogP contribution in [0.5, 0.6) is 0 Å². The average molecular weight is 339 g/mol. The molecule has 130 valence electrons. The van der Waals surface area contributed by atoms with Crippen LogP contribution >= 0.6 is 0 Å². The first-order valence-electron chi connectivity index (χ1n) is 8.46. The highest BCUT2D eigenvalue weighted by Gasteiger charge is 2.37. The fourth-order valence-corrected chi connectivity index (χ4v) is 3.55. The van der Waals surface area contributed by atoms with Gasteiger partial charge in [0.25, 0.3) is 5.91 Å². The van der Waals surface area contributed by atoms with Crippen LogP contribution in [0.1, 0.15) is 29.2 Å². The van der Waals surface area contributed by atoms with Gasteiger partial charge in [-0.2, -0.15) is 0 Å². The number of aromatic amines is 1. The molecule has 1 fully saturated rings. The molecular formula is C18H21N5O2. The molecule has 1 aliphatic rings. The molecule has 25 heavy (non-hydrogen) atoms. The van der Waals surface area contributed by atoms with Crippen LogP contribution in [-0.4, -0.2) is 54.4 Å². The predicted octanol–water partition coefficient (Wildman–Crippen LogP) is 1.51. The highest BCUT2D eigenvalue weighted by molar-refractivity contribution is 5.98. The van der Waals surface area contributed by atoms with Crippen molar-refractivity contribution < 1.29 is 9.90 Å². The molecule has 0 radical (unpaired) electrons. The number of para-hydroxylation sites is 1. The number of piperidine rings is 1. The lowest BCUT2D eigenvalue weighted by atomic mass is 9.89. The number of nitrogens with one attached hydrogen (secondary N) is 1. The lowest BCUT2D eigenvalue weighted by molar-refractivity contribution is -0.0259. The molecule has 1 aliphatic heterocycles. The largest absolute Gasteiger partial charge is 0.388 e. The van der Waals surface area contributed by atoms with Crippen molar-refractivity contribution in [3.8, 4) is 0 Å². The minimum atomic E-state index is -0.972. The van der Waals surface area contributed by atoms with Crippen molar-refractivity contribution in [2.75, 3.05) is 13.1 Å². The summed E-state index contributed by atoms with van der Waals surface area (Å²) in [6, 6.07) is 9.68. The molecule has 7 nitrogen and oxygen atoms in total. The maximum atomic E-state index is 12.9. The van der Waals surface area contributed by atoms with Gasteiger partial charge in [-0.15, -0.1) is 10.2 Å². The van der Waals surface area contributed by atoms with Crippen molar-refractivity contribution in [3.63, 3.8) is 0 Å². The van der Waals surface area contributed by atoms with Gasteiger partial charge < -0.3 is 19.6 Å². The van der Waals surface area contributed by atoms with Crippen molar-refractivity contribution in [3.05, 3.63) is 48.2 Å². The molecular weight excluding hydrogens is 318 g/mol. The van der Waals surface area contributed by atoms with Crippen molar-refractivity contribution in [1.29, 1.82) is 0 Å². The van der Waals surface area contributed by atoms with E-state index in [1.807, 2.05) is 37.4 Å². The molecule has 1 saturated heterocycles. The van der Waals surface area contributed by atoms with E-state index in [2.05, 4.69) is 15.2 Å². The van der Waals surface area contributed by atoms with Gasteiger partial charge in [-0.25, -0.2) is 0 Å². The van der Waals surface area contributed by atoms with Crippen molar-refractivity contribution in [2.24, 2.45) is 7.05 Å². The first-order valence-corrected chi connectivity index (χ1v) is 8.46. The second-order valence-electron chi connectivity index (χ2n) is 6.86. The number of aliphatic hydroxyl groups is 1. The number of amides is 1. The van der Waals surface area contributed by atoms with Crippen molar-refractivity contribution in [2.45, 2.75) is 24.9 Å². The van der Waals surface area contributed by atoms with Gasteiger partial charge in [0, 0.05) is 30.9 Å². The van der Waals surface area contributed by atoms with E-state index in [-0.39, 0.29) is 5.91 Å². The summed E-state index contributed by atoms with van der Waals surface area (Å²) < 4.78 is 1.80. The molecule has 0 aliphatic carbocycles. The SMILES string of the molecule is Cn1cnnc1CC1(O)CCCN(C(=O)c2cc3ccccc3[nH]2)C1. The van der Waals surface area contributed by atoms with Crippen molar-refractivity contribution in [1.82, 2.24) is 24.6 Å². The van der Waals surface area contributed by atoms with Crippen LogP contribution in [0.15, 0.2) is 36.7 Å². The van der Waals surface area contributed by atoms with Crippen LogP contribution in [0.3, 0.4) is 0 Å². The lowest BCUT2D eigenvalue weighted by Crippen LogP contribution is -2.51. The monoisotopic (exact) mass is 339 g/mol. The van der Waals surface area contributed by atoms with Crippen LogP contribution in [-0.2, 0) is 13.5 Å². The number of rotatable bonds is 3. The number of fused-ring (bicyclic) bond motifs is 1. The number of H-pyrrole nitrogens is 1. The van der Waals surface area contributed by atoms with Crippen LogP contribution in [0.25, 0.3) is 10.9 Å². The smallest absolute Gasteiger partial charge is 0.270 e. The summed E-state index contributed by atoms with van der Waals surface area (Å²) in [5, 5.41) is 19.9. The Morgan fingerprint density at radius 3 is 3.00 bits per heavy atom.